The molecule has 0 radical (unpaired) electrons. The van der Waals surface area contributed by atoms with E-state index in [0.717, 1.165) is 16.7 Å². The number of phenols is 1. The Morgan fingerprint density at radius 3 is 2.23 bits per heavy atom. The number of phenolic OH excluding ortho intramolecular Hbond substituents is 1. The van der Waals surface area contributed by atoms with Gasteiger partial charge in [0, 0.05) is 11.3 Å². The summed E-state index contributed by atoms with van der Waals surface area (Å²) in [6.07, 6.45) is 2.17. The summed E-state index contributed by atoms with van der Waals surface area (Å²) < 4.78 is 0. The molecule has 3 aromatic rings. The summed E-state index contributed by atoms with van der Waals surface area (Å²) in [5.74, 6) is -1.29. The molecule has 0 aliphatic rings. The number of carbonyl (C=O) groups excluding carboxylic acids is 1. The number of nitrogens with two attached hydrogens (primary N) is 1. The maximum atomic E-state index is 12.7. The van der Waals surface area contributed by atoms with Crippen LogP contribution in [0.2, 0.25) is 0 Å². The van der Waals surface area contributed by atoms with Crippen LogP contribution >= 0.6 is 0 Å². The molecule has 0 unspecified atom stereocenters. The van der Waals surface area contributed by atoms with E-state index in [1.54, 1.807) is 30.3 Å². The van der Waals surface area contributed by atoms with Gasteiger partial charge in [-0.25, -0.2) is 4.79 Å². The molecule has 160 valence electrons. The van der Waals surface area contributed by atoms with Gasteiger partial charge in [0.15, 0.2) is 0 Å². The van der Waals surface area contributed by atoms with E-state index in [1.165, 1.54) is 0 Å². The highest BCUT2D eigenvalue weighted by Crippen LogP contribution is 2.18. The summed E-state index contributed by atoms with van der Waals surface area (Å²) in [6, 6.07) is 20.5. The van der Waals surface area contributed by atoms with E-state index < -0.39 is 17.9 Å². The molecule has 0 spiro atoms. The summed E-state index contributed by atoms with van der Waals surface area (Å²) in [6.45, 7) is 0. The number of hydrogen-bond acceptors (Lipinski definition) is 4. The topological polar surface area (TPSA) is 113 Å². The van der Waals surface area contributed by atoms with Crippen molar-refractivity contribution in [2.24, 2.45) is 0 Å². The maximum absolute atomic E-state index is 12.7. The Kier molecular flexibility index (Phi) is 7.27. The number of benzene rings is 3. The van der Waals surface area contributed by atoms with Crippen molar-refractivity contribution < 1.29 is 19.8 Å². The van der Waals surface area contributed by atoms with Crippen LogP contribution in [0, 0.1) is 0 Å². The van der Waals surface area contributed by atoms with Crippen molar-refractivity contribution in [2.75, 3.05) is 5.73 Å². The number of carboxylic acid groups (broad SMARTS) is 1. The molecule has 3 aromatic carbocycles. The van der Waals surface area contributed by atoms with Crippen LogP contribution in [0.15, 0.2) is 72.8 Å². The highest BCUT2D eigenvalue weighted by atomic mass is 16.4. The first-order valence-corrected chi connectivity index (χ1v) is 10.2. The number of aryl methyl sites for hydroxylation is 3. The molecular formula is C25H26N2O4. The van der Waals surface area contributed by atoms with Crippen molar-refractivity contribution in [2.45, 2.75) is 31.7 Å². The number of nitrogen functional groups attached to an aromatic ring is 1. The second-order valence-electron chi connectivity index (χ2n) is 7.47. The molecule has 5 N–H and O–H groups in total. The van der Waals surface area contributed by atoms with Crippen molar-refractivity contribution in [3.05, 3.63) is 95.1 Å². The van der Waals surface area contributed by atoms with Gasteiger partial charge in [0.1, 0.15) is 11.8 Å². The van der Waals surface area contributed by atoms with Crippen molar-refractivity contribution >= 4 is 17.6 Å². The Balaban J connectivity index is 1.64. The first-order valence-electron chi connectivity index (χ1n) is 10.2. The molecule has 6 heteroatoms. The summed E-state index contributed by atoms with van der Waals surface area (Å²) >= 11 is 0. The first-order chi connectivity index (χ1) is 14.9. The Hall–Kier alpha value is -3.80. The third-order valence-corrected chi connectivity index (χ3v) is 5.19. The number of rotatable bonds is 9. The molecule has 0 aliphatic heterocycles. The fourth-order valence-electron chi connectivity index (χ4n) is 3.36. The fraction of sp³-hybridized carbons (Fsp3) is 0.200. The predicted octanol–water partition coefficient (Wildman–Crippen LogP) is 3.58. The Bertz CT molecular complexity index is 1030. The smallest absolute Gasteiger partial charge is 0.326 e. The second-order valence-corrected chi connectivity index (χ2v) is 7.47. The standard InChI is InChI=1S/C25H26N2O4/c26-22-14-11-20(16-19(22)10-6-18-7-12-21(28)13-8-18)24(29)27-23(25(30)31)15-9-17-4-2-1-3-5-17/h1-5,7-8,11-14,16,23,28H,6,9-10,15,26H2,(H,27,29)(H,30,31)/t23-/m0/s1. The molecule has 0 bridgehead atoms. The van der Waals surface area contributed by atoms with Crippen LogP contribution in [-0.2, 0) is 24.1 Å². The summed E-state index contributed by atoms with van der Waals surface area (Å²) in [5, 5.41) is 21.5. The lowest BCUT2D eigenvalue weighted by atomic mass is 10.00. The van der Waals surface area contributed by atoms with E-state index in [4.69, 9.17) is 5.73 Å². The van der Waals surface area contributed by atoms with Gasteiger partial charge in [-0.15, -0.1) is 0 Å². The minimum Gasteiger partial charge on any atom is -0.508 e. The number of anilines is 1. The maximum Gasteiger partial charge on any atom is 0.326 e. The third-order valence-electron chi connectivity index (χ3n) is 5.19. The molecule has 1 amide bonds. The number of aliphatic carboxylic acids is 1. The van der Waals surface area contributed by atoms with Gasteiger partial charge in [-0.3, -0.25) is 4.79 Å². The molecule has 0 aliphatic carbocycles. The van der Waals surface area contributed by atoms with Crippen LogP contribution in [-0.4, -0.2) is 28.1 Å². The van der Waals surface area contributed by atoms with E-state index >= 15 is 0 Å². The number of aromatic hydroxyl groups is 1. The zero-order valence-corrected chi connectivity index (χ0v) is 17.1. The average molecular weight is 418 g/mol. The number of carboxylic acids is 1. The monoisotopic (exact) mass is 418 g/mol. The van der Waals surface area contributed by atoms with Crippen molar-refractivity contribution in [3.63, 3.8) is 0 Å². The highest BCUT2D eigenvalue weighted by molar-refractivity contribution is 5.97. The Morgan fingerprint density at radius 2 is 1.55 bits per heavy atom. The minimum atomic E-state index is -1.06. The highest BCUT2D eigenvalue weighted by Gasteiger charge is 2.21. The van der Waals surface area contributed by atoms with E-state index in [1.807, 2.05) is 42.5 Å². The SMILES string of the molecule is Nc1ccc(C(=O)N[C@@H](CCc2ccccc2)C(=O)O)cc1CCc1ccc(O)cc1. The Labute approximate surface area is 181 Å². The molecule has 6 nitrogen and oxygen atoms in total. The second kappa shape index (κ2) is 10.3. The minimum absolute atomic E-state index is 0.210. The van der Waals surface area contributed by atoms with Crippen LogP contribution in [0.1, 0.15) is 33.5 Å². The number of nitrogens with one attached hydrogen (secondary N) is 1. The van der Waals surface area contributed by atoms with Crippen LogP contribution in [0.4, 0.5) is 5.69 Å². The van der Waals surface area contributed by atoms with Gasteiger partial charge in [0.25, 0.3) is 5.91 Å². The summed E-state index contributed by atoms with van der Waals surface area (Å²) in [4.78, 5) is 24.3. The quantitative estimate of drug-likeness (QED) is 0.397. The van der Waals surface area contributed by atoms with Gasteiger partial charge in [-0.1, -0.05) is 42.5 Å². The molecule has 0 saturated heterocycles. The lowest BCUT2D eigenvalue weighted by Crippen LogP contribution is -2.41. The van der Waals surface area contributed by atoms with Crippen LogP contribution < -0.4 is 11.1 Å². The fourth-order valence-corrected chi connectivity index (χ4v) is 3.36. The van der Waals surface area contributed by atoms with Gasteiger partial charge in [-0.05, 0) is 72.7 Å². The van der Waals surface area contributed by atoms with Crippen LogP contribution in [0.3, 0.4) is 0 Å². The summed E-state index contributed by atoms with van der Waals surface area (Å²) in [7, 11) is 0. The van der Waals surface area contributed by atoms with Crippen molar-refractivity contribution in [1.29, 1.82) is 0 Å². The van der Waals surface area contributed by atoms with Crippen LogP contribution in [0.25, 0.3) is 0 Å². The van der Waals surface area contributed by atoms with Gasteiger partial charge < -0.3 is 21.3 Å². The average Bonchev–Trinajstić information content (AvgIpc) is 2.77. The normalized spacial score (nSPS) is 11.6. The van der Waals surface area contributed by atoms with Crippen molar-refractivity contribution in [3.8, 4) is 5.75 Å². The third kappa shape index (κ3) is 6.34. The molecule has 0 aromatic heterocycles. The first kappa shape index (κ1) is 21.9. The number of carbonyl (C=O) groups is 2. The van der Waals surface area contributed by atoms with Crippen LogP contribution in [0.5, 0.6) is 5.75 Å². The van der Waals surface area contributed by atoms with E-state index in [-0.39, 0.29) is 5.75 Å². The molecular weight excluding hydrogens is 392 g/mol. The van der Waals surface area contributed by atoms with Gasteiger partial charge >= 0.3 is 5.97 Å². The lowest BCUT2D eigenvalue weighted by molar-refractivity contribution is -0.139. The largest absolute Gasteiger partial charge is 0.508 e. The zero-order valence-electron chi connectivity index (χ0n) is 17.1. The van der Waals surface area contributed by atoms with Gasteiger partial charge in [0.05, 0.1) is 0 Å². The zero-order chi connectivity index (χ0) is 22.2. The molecule has 31 heavy (non-hydrogen) atoms. The molecule has 3 rings (SSSR count). The molecule has 0 saturated carbocycles. The van der Waals surface area contributed by atoms with E-state index in [9.17, 15) is 19.8 Å². The van der Waals surface area contributed by atoms with E-state index in [2.05, 4.69) is 5.32 Å². The Morgan fingerprint density at radius 1 is 0.871 bits per heavy atom. The van der Waals surface area contributed by atoms with Gasteiger partial charge in [-0.2, -0.15) is 0 Å². The van der Waals surface area contributed by atoms with E-state index in [0.29, 0.717) is 36.9 Å². The molecule has 0 heterocycles. The summed E-state index contributed by atoms with van der Waals surface area (Å²) in [5.41, 5.74) is 9.90. The molecule has 0 fully saturated rings. The lowest BCUT2D eigenvalue weighted by Gasteiger charge is -2.15. The van der Waals surface area contributed by atoms with Gasteiger partial charge in [0.2, 0.25) is 0 Å². The van der Waals surface area contributed by atoms with Crippen molar-refractivity contribution in [1.82, 2.24) is 5.32 Å². The predicted molar refractivity (Wildman–Crippen MR) is 120 cm³/mol. The number of hydrogen-bond donors (Lipinski definition) is 4. The molecule has 1 atom stereocenters. The number of amides is 1.